The molecule has 6 heteroatoms. The molecule has 0 radical (unpaired) electrons. The van der Waals surface area contributed by atoms with Gasteiger partial charge in [0.05, 0.1) is 4.90 Å². The van der Waals surface area contributed by atoms with Gasteiger partial charge in [0.25, 0.3) is 0 Å². The van der Waals surface area contributed by atoms with Gasteiger partial charge in [-0.05, 0) is 42.9 Å². The van der Waals surface area contributed by atoms with E-state index in [1.165, 1.54) is 6.07 Å². The average Bonchev–Trinajstić information content (AvgIpc) is 2.43. The molecule has 0 saturated heterocycles. The van der Waals surface area contributed by atoms with Crippen molar-refractivity contribution >= 4 is 15.7 Å². The maximum absolute atomic E-state index is 12.3. The van der Waals surface area contributed by atoms with E-state index in [4.69, 9.17) is 10.8 Å². The Labute approximate surface area is 121 Å². The molecule has 114 valence electrons. The fourth-order valence-corrected chi connectivity index (χ4v) is 3.36. The van der Waals surface area contributed by atoms with E-state index in [0.717, 1.165) is 12.0 Å². The first-order valence-corrected chi connectivity index (χ1v) is 8.38. The summed E-state index contributed by atoms with van der Waals surface area (Å²) in [6.07, 6.45) is 2.12. The molecule has 1 aromatic rings. The number of nitrogens with one attached hydrogen (secondary N) is 1. The SMILES string of the molecule is CCc1ccc(N)cc1S(=O)(=O)NCCCC(C)CO. The van der Waals surface area contributed by atoms with Crippen LogP contribution in [0.4, 0.5) is 5.69 Å². The molecule has 0 heterocycles. The molecule has 0 aromatic heterocycles. The van der Waals surface area contributed by atoms with Crippen LogP contribution in [-0.4, -0.2) is 26.7 Å². The average molecular weight is 300 g/mol. The van der Waals surface area contributed by atoms with Gasteiger partial charge in [0.1, 0.15) is 0 Å². The van der Waals surface area contributed by atoms with Crippen molar-refractivity contribution in [1.82, 2.24) is 4.72 Å². The van der Waals surface area contributed by atoms with Gasteiger partial charge in [-0.1, -0.05) is 19.9 Å². The number of hydrogen-bond donors (Lipinski definition) is 3. The Bertz CT molecular complexity index is 529. The Hall–Kier alpha value is -1.11. The molecule has 0 amide bonds. The minimum absolute atomic E-state index is 0.127. The number of hydrogen-bond acceptors (Lipinski definition) is 4. The molecule has 1 rings (SSSR count). The molecule has 0 fully saturated rings. The first-order valence-electron chi connectivity index (χ1n) is 6.89. The van der Waals surface area contributed by atoms with Gasteiger partial charge >= 0.3 is 0 Å². The van der Waals surface area contributed by atoms with E-state index in [1.54, 1.807) is 12.1 Å². The zero-order valence-corrected chi connectivity index (χ0v) is 12.9. The molecule has 5 nitrogen and oxygen atoms in total. The molecule has 0 aliphatic carbocycles. The largest absolute Gasteiger partial charge is 0.399 e. The molecule has 1 atom stereocenters. The third-order valence-corrected chi connectivity index (χ3v) is 4.78. The maximum atomic E-state index is 12.3. The Morgan fingerprint density at radius 1 is 1.40 bits per heavy atom. The third-order valence-electron chi connectivity index (χ3n) is 3.24. The summed E-state index contributed by atoms with van der Waals surface area (Å²) in [6.45, 7) is 4.33. The number of sulfonamides is 1. The summed E-state index contributed by atoms with van der Waals surface area (Å²) in [4.78, 5) is 0.259. The molecular weight excluding hydrogens is 276 g/mol. The molecule has 1 aromatic carbocycles. The Balaban J connectivity index is 2.71. The number of anilines is 1. The Morgan fingerprint density at radius 2 is 2.10 bits per heavy atom. The van der Waals surface area contributed by atoms with E-state index < -0.39 is 10.0 Å². The highest BCUT2D eigenvalue weighted by Crippen LogP contribution is 2.19. The number of nitrogen functional groups attached to an aromatic ring is 1. The van der Waals surface area contributed by atoms with Crippen LogP contribution in [0.3, 0.4) is 0 Å². The first-order chi connectivity index (χ1) is 9.40. The number of nitrogens with two attached hydrogens (primary N) is 1. The van der Waals surface area contributed by atoms with Crippen LogP contribution in [-0.2, 0) is 16.4 Å². The normalized spacial score (nSPS) is 13.3. The number of rotatable bonds is 8. The second-order valence-corrected chi connectivity index (χ2v) is 6.78. The van der Waals surface area contributed by atoms with E-state index in [9.17, 15) is 8.42 Å². The van der Waals surface area contributed by atoms with Crippen molar-refractivity contribution in [3.05, 3.63) is 23.8 Å². The summed E-state index contributed by atoms with van der Waals surface area (Å²) >= 11 is 0. The highest BCUT2D eigenvalue weighted by molar-refractivity contribution is 7.89. The zero-order valence-electron chi connectivity index (χ0n) is 12.1. The van der Waals surface area contributed by atoms with Crippen molar-refractivity contribution in [2.24, 2.45) is 5.92 Å². The fourth-order valence-electron chi connectivity index (χ4n) is 1.94. The second kappa shape index (κ2) is 7.61. The van der Waals surface area contributed by atoms with E-state index in [2.05, 4.69) is 4.72 Å². The van der Waals surface area contributed by atoms with E-state index in [0.29, 0.717) is 25.1 Å². The summed E-state index contributed by atoms with van der Waals surface area (Å²) in [5.74, 6) is 0.193. The van der Waals surface area contributed by atoms with Gasteiger partial charge in [0, 0.05) is 18.8 Å². The number of benzene rings is 1. The third kappa shape index (κ3) is 4.77. The molecular formula is C14H24N2O3S. The molecule has 1 unspecified atom stereocenters. The predicted molar refractivity (Wildman–Crippen MR) is 80.9 cm³/mol. The quantitative estimate of drug-likeness (QED) is 0.501. The molecule has 0 aliphatic heterocycles. The fraction of sp³-hybridized carbons (Fsp3) is 0.571. The molecule has 0 saturated carbocycles. The van der Waals surface area contributed by atoms with Crippen LogP contribution >= 0.6 is 0 Å². The van der Waals surface area contributed by atoms with Gasteiger partial charge < -0.3 is 10.8 Å². The summed E-state index contributed by atoms with van der Waals surface area (Å²) < 4.78 is 27.1. The van der Waals surface area contributed by atoms with Crippen molar-refractivity contribution in [1.29, 1.82) is 0 Å². The molecule has 0 spiro atoms. The second-order valence-electron chi connectivity index (χ2n) is 5.05. The molecule has 0 bridgehead atoms. The minimum atomic E-state index is -3.52. The summed E-state index contributed by atoms with van der Waals surface area (Å²) in [6, 6.07) is 4.95. The lowest BCUT2D eigenvalue weighted by Gasteiger charge is -2.12. The summed E-state index contributed by atoms with van der Waals surface area (Å²) in [5.41, 5.74) is 6.87. The predicted octanol–water partition coefficient (Wildman–Crippen LogP) is 1.52. The van der Waals surface area contributed by atoms with Gasteiger partial charge in [0.2, 0.25) is 10.0 Å². The van der Waals surface area contributed by atoms with Crippen molar-refractivity contribution < 1.29 is 13.5 Å². The van der Waals surface area contributed by atoms with Gasteiger partial charge in [0.15, 0.2) is 0 Å². The number of aliphatic hydroxyl groups excluding tert-OH is 1. The topological polar surface area (TPSA) is 92.4 Å². The molecule has 0 aliphatic rings. The maximum Gasteiger partial charge on any atom is 0.240 e. The number of aryl methyl sites for hydroxylation is 1. The highest BCUT2D eigenvalue weighted by Gasteiger charge is 2.17. The van der Waals surface area contributed by atoms with Crippen LogP contribution < -0.4 is 10.5 Å². The van der Waals surface area contributed by atoms with Gasteiger partial charge in [-0.2, -0.15) is 0 Å². The Kier molecular flexibility index (Phi) is 6.45. The van der Waals surface area contributed by atoms with E-state index in [1.807, 2.05) is 13.8 Å². The van der Waals surface area contributed by atoms with Crippen LogP contribution in [0, 0.1) is 5.92 Å². The van der Waals surface area contributed by atoms with E-state index in [-0.39, 0.29) is 17.4 Å². The van der Waals surface area contributed by atoms with Gasteiger partial charge in [-0.3, -0.25) is 0 Å². The lowest BCUT2D eigenvalue weighted by molar-refractivity contribution is 0.228. The van der Waals surface area contributed by atoms with Gasteiger partial charge in [-0.25, -0.2) is 13.1 Å². The zero-order chi connectivity index (χ0) is 15.2. The van der Waals surface area contributed by atoms with E-state index >= 15 is 0 Å². The first kappa shape index (κ1) is 16.9. The molecule has 4 N–H and O–H groups in total. The van der Waals surface area contributed by atoms with Crippen LogP contribution in [0.15, 0.2) is 23.1 Å². The molecule has 20 heavy (non-hydrogen) atoms. The van der Waals surface area contributed by atoms with Crippen molar-refractivity contribution in [3.63, 3.8) is 0 Å². The van der Waals surface area contributed by atoms with Crippen molar-refractivity contribution in [2.75, 3.05) is 18.9 Å². The van der Waals surface area contributed by atoms with Crippen LogP contribution in [0.25, 0.3) is 0 Å². The summed E-state index contributed by atoms with van der Waals surface area (Å²) in [7, 11) is -3.52. The van der Waals surface area contributed by atoms with Gasteiger partial charge in [-0.15, -0.1) is 0 Å². The van der Waals surface area contributed by atoms with Crippen LogP contribution in [0.5, 0.6) is 0 Å². The standard InChI is InChI=1S/C14H24N2O3S/c1-3-12-6-7-13(15)9-14(12)20(18,19)16-8-4-5-11(2)10-17/h6-7,9,11,16-17H,3-5,8,10,15H2,1-2H3. The lowest BCUT2D eigenvalue weighted by Crippen LogP contribution is -2.26. The van der Waals surface area contributed by atoms with Crippen molar-refractivity contribution in [3.8, 4) is 0 Å². The smallest absolute Gasteiger partial charge is 0.240 e. The van der Waals surface area contributed by atoms with Crippen molar-refractivity contribution in [2.45, 2.75) is 38.0 Å². The Morgan fingerprint density at radius 3 is 2.70 bits per heavy atom. The van der Waals surface area contributed by atoms with Crippen LogP contribution in [0.1, 0.15) is 32.3 Å². The highest BCUT2D eigenvalue weighted by atomic mass is 32.2. The summed E-state index contributed by atoms with van der Waals surface area (Å²) in [5, 5.41) is 8.92. The monoisotopic (exact) mass is 300 g/mol. The van der Waals surface area contributed by atoms with Crippen LogP contribution in [0.2, 0.25) is 0 Å². The lowest BCUT2D eigenvalue weighted by atomic mass is 10.1. The minimum Gasteiger partial charge on any atom is -0.399 e. The number of aliphatic hydroxyl groups is 1.